The third-order valence-corrected chi connectivity index (χ3v) is 4.51. The highest BCUT2D eigenvalue weighted by molar-refractivity contribution is 9.10. The zero-order valence-corrected chi connectivity index (χ0v) is 14.5. The molecule has 0 atom stereocenters. The maximum atomic E-state index is 12.2. The molecule has 1 N–H and O–H groups in total. The van der Waals surface area contributed by atoms with E-state index in [-0.39, 0.29) is 12.5 Å². The van der Waals surface area contributed by atoms with Crippen LogP contribution in [0.5, 0.6) is 0 Å². The van der Waals surface area contributed by atoms with Gasteiger partial charge in [-0.05, 0) is 34.1 Å². The molecule has 0 aliphatic heterocycles. The number of benzene rings is 2. The number of fused-ring (bicyclic) bond motifs is 1. The molecular weight excluding hydrogens is 372 g/mol. The van der Waals surface area contributed by atoms with Crippen LogP contribution in [-0.2, 0) is 9.53 Å². The van der Waals surface area contributed by atoms with E-state index in [1.165, 1.54) is 4.90 Å². The van der Waals surface area contributed by atoms with Gasteiger partial charge in [-0.3, -0.25) is 4.79 Å². The molecule has 6 heteroatoms. The number of rotatable bonds is 4. The summed E-state index contributed by atoms with van der Waals surface area (Å²) in [5, 5.41) is 0.886. The number of nitrogens with zero attached hydrogens (tertiary/aromatic N) is 1. The highest BCUT2D eigenvalue weighted by atomic mass is 79.9. The number of hydrogen-bond donors (Lipinski definition) is 1. The Morgan fingerprint density at radius 1 is 1.08 bits per heavy atom. The van der Waals surface area contributed by atoms with Crippen LogP contribution >= 0.6 is 15.9 Å². The Labute approximate surface area is 147 Å². The number of anilines is 1. The number of carbonyl (C=O) groups is 2. The van der Waals surface area contributed by atoms with Crippen molar-refractivity contribution in [2.24, 2.45) is 0 Å². The molecule has 1 heterocycles. The number of carbonyl (C=O) groups excluding carboxylic acids is 2. The summed E-state index contributed by atoms with van der Waals surface area (Å²) in [7, 11) is 1.64. The van der Waals surface area contributed by atoms with Crippen molar-refractivity contribution < 1.29 is 14.3 Å². The second-order valence-electron chi connectivity index (χ2n) is 5.22. The van der Waals surface area contributed by atoms with E-state index in [2.05, 4.69) is 20.9 Å². The first-order chi connectivity index (χ1) is 11.6. The summed E-state index contributed by atoms with van der Waals surface area (Å²) in [5.41, 5.74) is 1.86. The van der Waals surface area contributed by atoms with E-state index in [0.717, 1.165) is 16.6 Å². The fraction of sp³-hybridized carbons (Fsp3) is 0.111. The van der Waals surface area contributed by atoms with Crippen molar-refractivity contribution in [1.29, 1.82) is 0 Å². The van der Waals surface area contributed by atoms with Gasteiger partial charge in [-0.25, -0.2) is 4.79 Å². The molecule has 0 aliphatic rings. The lowest BCUT2D eigenvalue weighted by Crippen LogP contribution is -2.31. The van der Waals surface area contributed by atoms with Crippen LogP contribution in [0, 0.1) is 0 Å². The van der Waals surface area contributed by atoms with Crippen LogP contribution in [0.25, 0.3) is 10.9 Å². The molecule has 1 amide bonds. The van der Waals surface area contributed by atoms with E-state index in [0.29, 0.717) is 10.2 Å². The molecule has 0 spiro atoms. The second-order valence-corrected chi connectivity index (χ2v) is 6.02. The topological polar surface area (TPSA) is 62.4 Å². The van der Waals surface area contributed by atoms with Gasteiger partial charge in [-0.15, -0.1) is 0 Å². The number of para-hydroxylation sites is 2. The van der Waals surface area contributed by atoms with Crippen molar-refractivity contribution in [2.45, 2.75) is 0 Å². The molecular formula is C18H15BrN2O3. The van der Waals surface area contributed by atoms with Gasteiger partial charge >= 0.3 is 5.97 Å². The Morgan fingerprint density at radius 2 is 1.75 bits per heavy atom. The van der Waals surface area contributed by atoms with Crippen LogP contribution in [0.3, 0.4) is 0 Å². The average Bonchev–Trinajstić information content (AvgIpc) is 2.96. The smallest absolute Gasteiger partial charge is 0.356 e. The Bertz CT molecular complexity index is 890. The fourth-order valence-electron chi connectivity index (χ4n) is 2.34. The van der Waals surface area contributed by atoms with Gasteiger partial charge in [0.1, 0.15) is 5.69 Å². The molecule has 0 saturated carbocycles. The van der Waals surface area contributed by atoms with E-state index >= 15 is 0 Å². The largest absolute Gasteiger partial charge is 0.451 e. The summed E-state index contributed by atoms with van der Waals surface area (Å²) >= 11 is 3.40. The lowest BCUT2D eigenvalue weighted by Gasteiger charge is -2.16. The van der Waals surface area contributed by atoms with Crippen LogP contribution in [0.4, 0.5) is 5.69 Å². The van der Waals surface area contributed by atoms with Gasteiger partial charge < -0.3 is 14.6 Å². The molecule has 0 aliphatic carbocycles. The van der Waals surface area contributed by atoms with E-state index in [1.54, 1.807) is 7.05 Å². The van der Waals surface area contributed by atoms with Crippen LogP contribution in [0.2, 0.25) is 0 Å². The first-order valence-corrected chi connectivity index (χ1v) is 8.12. The maximum absolute atomic E-state index is 12.2. The number of esters is 1. The lowest BCUT2D eigenvalue weighted by molar-refractivity contribution is -0.121. The Morgan fingerprint density at radius 3 is 2.46 bits per heavy atom. The van der Waals surface area contributed by atoms with Crippen molar-refractivity contribution in [3.05, 3.63) is 64.8 Å². The highest BCUT2D eigenvalue weighted by Gasteiger charge is 2.19. The van der Waals surface area contributed by atoms with Crippen molar-refractivity contribution >= 4 is 44.4 Å². The lowest BCUT2D eigenvalue weighted by atomic mass is 10.2. The summed E-state index contributed by atoms with van der Waals surface area (Å²) in [6, 6.07) is 16.7. The third-order valence-electron chi connectivity index (χ3n) is 3.69. The van der Waals surface area contributed by atoms with Gasteiger partial charge in [0.15, 0.2) is 6.61 Å². The Balaban J connectivity index is 1.68. The molecule has 1 aromatic heterocycles. The molecule has 0 bridgehead atoms. The zero-order chi connectivity index (χ0) is 17.1. The second kappa shape index (κ2) is 6.88. The number of hydrogen-bond acceptors (Lipinski definition) is 3. The molecule has 2 aromatic carbocycles. The summed E-state index contributed by atoms with van der Waals surface area (Å²) in [6.07, 6.45) is 0. The van der Waals surface area contributed by atoms with Gasteiger partial charge in [0.25, 0.3) is 5.91 Å². The molecule has 0 unspecified atom stereocenters. The number of aromatic amines is 1. The van der Waals surface area contributed by atoms with E-state index < -0.39 is 5.97 Å². The van der Waals surface area contributed by atoms with Gasteiger partial charge in [-0.1, -0.05) is 36.4 Å². The Hall–Kier alpha value is -2.60. The fourth-order valence-corrected chi connectivity index (χ4v) is 2.95. The van der Waals surface area contributed by atoms with E-state index in [4.69, 9.17) is 4.74 Å². The predicted molar refractivity (Wildman–Crippen MR) is 96.1 cm³/mol. The highest BCUT2D eigenvalue weighted by Crippen LogP contribution is 2.28. The van der Waals surface area contributed by atoms with Crippen molar-refractivity contribution in [3.8, 4) is 0 Å². The van der Waals surface area contributed by atoms with E-state index in [1.807, 2.05) is 54.6 Å². The molecule has 0 radical (unpaired) electrons. The molecule has 24 heavy (non-hydrogen) atoms. The predicted octanol–water partition coefficient (Wildman–Crippen LogP) is 3.75. The average molecular weight is 387 g/mol. The maximum Gasteiger partial charge on any atom is 0.356 e. The van der Waals surface area contributed by atoms with Gasteiger partial charge in [0.2, 0.25) is 0 Å². The number of amides is 1. The number of nitrogens with one attached hydrogen (secondary N) is 1. The Kier molecular flexibility index (Phi) is 4.66. The summed E-state index contributed by atoms with van der Waals surface area (Å²) in [6.45, 7) is -0.327. The van der Waals surface area contributed by atoms with Crippen molar-refractivity contribution in [1.82, 2.24) is 4.98 Å². The van der Waals surface area contributed by atoms with Crippen LogP contribution < -0.4 is 4.90 Å². The summed E-state index contributed by atoms with van der Waals surface area (Å²) in [4.78, 5) is 28.9. The molecule has 0 fully saturated rings. The SMILES string of the molecule is CN(C(=O)COC(=O)c1[nH]c2ccccc2c1Br)c1ccccc1. The number of halogens is 1. The van der Waals surface area contributed by atoms with Crippen molar-refractivity contribution in [2.75, 3.05) is 18.6 Å². The van der Waals surface area contributed by atoms with Gasteiger partial charge in [-0.2, -0.15) is 0 Å². The minimum absolute atomic E-state index is 0.298. The van der Waals surface area contributed by atoms with Crippen LogP contribution in [0.1, 0.15) is 10.5 Å². The van der Waals surface area contributed by atoms with Crippen molar-refractivity contribution in [3.63, 3.8) is 0 Å². The minimum atomic E-state index is -0.576. The normalized spacial score (nSPS) is 10.6. The first kappa shape index (κ1) is 16.3. The minimum Gasteiger partial charge on any atom is -0.451 e. The number of likely N-dealkylation sites (N-methyl/N-ethyl adjacent to an activating group) is 1. The summed E-state index contributed by atoms with van der Waals surface area (Å²) in [5.74, 6) is -0.880. The van der Waals surface area contributed by atoms with Gasteiger partial charge in [0.05, 0.1) is 4.47 Å². The van der Waals surface area contributed by atoms with Gasteiger partial charge in [0, 0.05) is 23.6 Å². The molecule has 122 valence electrons. The first-order valence-electron chi connectivity index (χ1n) is 7.33. The molecule has 3 rings (SSSR count). The molecule has 0 saturated heterocycles. The molecule has 3 aromatic rings. The van der Waals surface area contributed by atoms with Crippen LogP contribution in [0.15, 0.2) is 59.1 Å². The summed E-state index contributed by atoms with van der Waals surface area (Å²) < 4.78 is 5.78. The quantitative estimate of drug-likeness (QED) is 0.694. The van der Waals surface area contributed by atoms with E-state index in [9.17, 15) is 9.59 Å². The number of ether oxygens (including phenoxy) is 1. The number of aromatic nitrogens is 1. The monoisotopic (exact) mass is 386 g/mol. The van der Waals surface area contributed by atoms with Crippen LogP contribution in [-0.4, -0.2) is 30.5 Å². The standard InChI is InChI=1S/C18H15BrN2O3/c1-21(12-7-3-2-4-8-12)15(22)11-24-18(23)17-16(19)13-9-5-6-10-14(13)20-17/h2-10,20H,11H2,1H3. The zero-order valence-electron chi connectivity index (χ0n) is 13.0. The third kappa shape index (κ3) is 3.19. The molecule has 5 nitrogen and oxygen atoms in total. The number of H-pyrrole nitrogens is 1.